The van der Waals surface area contributed by atoms with Gasteiger partial charge < -0.3 is 10.4 Å². The molecule has 3 heterocycles. The predicted octanol–water partition coefficient (Wildman–Crippen LogP) is 4.55. The molecule has 0 fully saturated rings. The van der Waals surface area contributed by atoms with Crippen molar-refractivity contribution in [2.75, 3.05) is 5.32 Å². The fourth-order valence-electron chi connectivity index (χ4n) is 3.18. The van der Waals surface area contributed by atoms with Crippen LogP contribution < -0.4 is 5.32 Å². The number of anilines is 1. The van der Waals surface area contributed by atoms with Gasteiger partial charge in [-0.1, -0.05) is 18.2 Å². The van der Waals surface area contributed by atoms with Gasteiger partial charge in [-0.25, -0.2) is 9.97 Å². The Morgan fingerprint density at radius 1 is 0.926 bits per heavy atom. The van der Waals surface area contributed by atoms with Gasteiger partial charge in [-0.3, -0.25) is 4.98 Å². The number of nitrogens with one attached hydrogen (secondary N) is 1. The van der Waals surface area contributed by atoms with Crippen LogP contribution in [0.4, 0.5) is 5.82 Å². The Morgan fingerprint density at radius 3 is 2.48 bits per heavy atom. The second kappa shape index (κ2) is 7.03. The molecule has 0 bridgehead atoms. The highest BCUT2D eigenvalue weighted by atomic mass is 16.3. The lowest BCUT2D eigenvalue weighted by molar-refractivity contribution is 0.471. The standard InChI is InChI=1S/C22H20N4O/c1-14-7-12-24-19(13-14)26-20(17-8-10-23-11-9-17)18-6-5-16-4-3-15(2)25-21(16)22(18)27/h3-13,20,27H,1-2H3,(H,24,26). The quantitative estimate of drug-likeness (QED) is 0.561. The average Bonchev–Trinajstić information content (AvgIpc) is 2.68. The van der Waals surface area contributed by atoms with E-state index in [-0.39, 0.29) is 11.8 Å². The summed E-state index contributed by atoms with van der Waals surface area (Å²) in [5, 5.41) is 15.4. The highest BCUT2D eigenvalue weighted by molar-refractivity contribution is 5.86. The van der Waals surface area contributed by atoms with Gasteiger partial charge in [-0.2, -0.15) is 0 Å². The lowest BCUT2D eigenvalue weighted by atomic mass is 9.97. The fourth-order valence-corrected chi connectivity index (χ4v) is 3.18. The summed E-state index contributed by atoms with van der Waals surface area (Å²) in [6.45, 7) is 3.94. The van der Waals surface area contributed by atoms with E-state index < -0.39 is 0 Å². The van der Waals surface area contributed by atoms with Gasteiger partial charge in [0.2, 0.25) is 0 Å². The molecular weight excluding hydrogens is 336 g/mol. The van der Waals surface area contributed by atoms with Gasteiger partial charge in [0, 0.05) is 35.2 Å². The first-order valence-corrected chi connectivity index (χ1v) is 8.80. The van der Waals surface area contributed by atoms with Crippen molar-refractivity contribution in [3.8, 4) is 5.75 Å². The topological polar surface area (TPSA) is 70.9 Å². The van der Waals surface area contributed by atoms with Crippen LogP contribution in [0.3, 0.4) is 0 Å². The number of fused-ring (bicyclic) bond motifs is 1. The van der Waals surface area contributed by atoms with Crippen LogP contribution in [-0.2, 0) is 0 Å². The largest absolute Gasteiger partial charge is 0.505 e. The molecule has 27 heavy (non-hydrogen) atoms. The summed E-state index contributed by atoms with van der Waals surface area (Å²) >= 11 is 0. The fraction of sp³-hybridized carbons (Fsp3) is 0.136. The third-order valence-corrected chi connectivity index (χ3v) is 4.56. The molecule has 134 valence electrons. The van der Waals surface area contributed by atoms with E-state index >= 15 is 0 Å². The summed E-state index contributed by atoms with van der Waals surface area (Å²) in [4.78, 5) is 13.0. The number of hydrogen-bond donors (Lipinski definition) is 2. The van der Waals surface area contributed by atoms with Gasteiger partial charge in [0.1, 0.15) is 17.1 Å². The van der Waals surface area contributed by atoms with E-state index in [1.165, 1.54) is 0 Å². The second-order valence-electron chi connectivity index (χ2n) is 6.60. The number of aryl methyl sites for hydroxylation is 2. The zero-order chi connectivity index (χ0) is 18.8. The molecule has 4 aromatic rings. The SMILES string of the molecule is Cc1ccnc(NC(c2ccncc2)c2ccc3ccc(C)nc3c2O)c1. The smallest absolute Gasteiger partial charge is 0.147 e. The zero-order valence-corrected chi connectivity index (χ0v) is 15.2. The molecule has 1 atom stereocenters. The number of nitrogens with zero attached hydrogens (tertiary/aromatic N) is 3. The monoisotopic (exact) mass is 356 g/mol. The van der Waals surface area contributed by atoms with Gasteiger partial charge >= 0.3 is 0 Å². The number of pyridine rings is 3. The van der Waals surface area contributed by atoms with Crippen molar-refractivity contribution >= 4 is 16.7 Å². The van der Waals surface area contributed by atoms with Crippen LogP contribution in [0.15, 0.2) is 67.1 Å². The molecule has 0 saturated carbocycles. The second-order valence-corrected chi connectivity index (χ2v) is 6.60. The van der Waals surface area contributed by atoms with E-state index in [0.29, 0.717) is 5.52 Å². The van der Waals surface area contributed by atoms with Crippen LogP contribution in [-0.4, -0.2) is 20.1 Å². The molecular formula is C22H20N4O. The number of hydrogen-bond acceptors (Lipinski definition) is 5. The molecule has 1 unspecified atom stereocenters. The van der Waals surface area contributed by atoms with Crippen molar-refractivity contribution in [1.82, 2.24) is 15.0 Å². The van der Waals surface area contributed by atoms with Gasteiger partial charge in [0.15, 0.2) is 0 Å². The van der Waals surface area contributed by atoms with Crippen LogP contribution in [0.1, 0.15) is 28.4 Å². The number of rotatable bonds is 4. The van der Waals surface area contributed by atoms with Gasteiger partial charge in [0.05, 0.1) is 6.04 Å². The summed E-state index contributed by atoms with van der Waals surface area (Å²) in [6.07, 6.45) is 5.26. The van der Waals surface area contributed by atoms with Gasteiger partial charge in [-0.05, 0) is 55.3 Å². The molecule has 0 aliphatic carbocycles. The average molecular weight is 356 g/mol. The molecule has 1 aromatic carbocycles. The van der Waals surface area contributed by atoms with Crippen molar-refractivity contribution in [2.45, 2.75) is 19.9 Å². The van der Waals surface area contributed by atoms with Crippen molar-refractivity contribution in [1.29, 1.82) is 0 Å². The Labute approximate surface area is 157 Å². The molecule has 0 saturated heterocycles. The highest BCUT2D eigenvalue weighted by Gasteiger charge is 2.20. The Morgan fingerprint density at radius 2 is 1.70 bits per heavy atom. The summed E-state index contributed by atoms with van der Waals surface area (Å²) in [6, 6.07) is 15.3. The summed E-state index contributed by atoms with van der Waals surface area (Å²) in [5.41, 5.74) is 4.31. The zero-order valence-electron chi connectivity index (χ0n) is 15.2. The van der Waals surface area contributed by atoms with Gasteiger partial charge in [-0.15, -0.1) is 0 Å². The summed E-state index contributed by atoms with van der Waals surface area (Å²) in [7, 11) is 0. The van der Waals surface area contributed by atoms with Crippen LogP contribution in [0.25, 0.3) is 10.9 Å². The first-order chi connectivity index (χ1) is 13.1. The number of phenolic OH excluding ortho intramolecular Hbond substituents is 1. The molecule has 0 spiro atoms. The van der Waals surface area contributed by atoms with E-state index in [9.17, 15) is 5.11 Å². The molecule has 5 nitrogen and oxygen atoms in total. The van der Waals surface area contributed by atoms with E-state index in [4.69, 9.17) is 0 Å². The Hall–Kier alpha value is -3.47. The van der Waals surface area contributed by atoms with Gasteiger partial charge in [0.25, 0.3) is 0 Å². The Balaban J connectivity index is 1.86. The Kier molecular flexibility index (Phi) is 4.42. The van der Waals surface area contributed by atoms with Crippen LogP contribution in [0.5, 0.6) is 5.75 Å². The minimum atomic E-state index is -0.283. The molecule has 5 heteroatoms. The molecule has 3 aromatic heterocycles. The lowest BCUT2D eigenvalue weighted by Gasteiger charge is -2.22. The maximum Gasteiger partial charge on any atom is 0.147 e. The Bertz CT molecular complexity index is 1100. The van der Waals surface area contributed by atoms with Crippen LogP contribution in [0, 0.1) is 13.8 Å². The first-order valence-electron chi connectivity index (χ1n) is 8.80. The molecule has 0 amide bonds. The number of aromatic nitrogens is 3. The summed E-state index contributed by atoms with van der Waals surface area (Å²) < 4.78 is 0. The van der Waals surface area contributed by atoms with Crippen molar-refractivity contribution in [2.24, 2.45) is 0 Å². The highest BCUT2D eigenvalue weighted by Crippen LogP contribution is 2.36. The van der Waals surface area contributed by atoms with Crippen molar-refractivity contribution in [3.05, 3.63) is 89.5 Å². The predicted molar refractivity (Wildman–Crippen MR) is 107 cm³/mol. The third-order valence-electron chi connectivity index (χ3n) is 4.56. The molecule has 0 aliphatic heterocycles. The number of phenols is 1. The van der Waals surface area contributed by atoms with E-state index in [2.05, 4.69) is 20.3 Å². The maximum absolute atomic E-state index is 11.0. The van der Waals surface area contributed by atoms with Crippen LogP contribution in [0.2, 0.25) is 0 Å². The third kappa shape index (κ3) is 3.44. The van der Waals surface area contributed by atoms with Crippen molar-refractivity contribution < 1.29 is 5.11 Å². The number of aromatic hydroxyl groups is 1. The number of benzene rings is 1. The molecule has 4 rings (SSSR count). The minimum Gasteiger partial charge on any atom is -0.505 e. The van der Waals surface area contributed by atoms with Crippen LogP contribution >= 0.6 is 0 Å². The summed E-state index contributed by atoms with van der Waals surface area (Å²) in [5.74, 6) is 0.923. The van der Waals surface area contributed by atoms with E-state index in [0.717, 1.165) is 33.6 Å². The van der Waals surface area contributed by atoms with E-state index in [1.54, 1.807) is 18.6 Å². The minimum absolute atomic E-state index is 0.179. The first kappa shape index (κ1) is 17.0. The maximum atomic E-state index is 11.0. The normalized spacial score (nSPS) is 12.1. The van der Waals surface area contributed by atoms with Crippen molar-refractivity contribution in [3.63, 3.8) is 0 Å². The molecule has 0 radical (unpaired) electrons. The molecule has 2 N–H and O–H groups in total. The lowest BCUT2D eigenvalue weighted by Crippen LogP contribution is -2.14. The molecule has 0 aliphatic rings. The van der Waals surface area contributed by atoms with E-state index in [1.807, 2.05) is 62.4 Å².